The monoisotopic (exact) mass is 265 g/mol. The molecule has 1 heterocycles. The van der Waals surface area contributed by atoms with Crippen LogP contribution in [0.15, 0.2) is 18.2 Å². The summed E-state index contributed by atoms with van der Waals surface area (Å²) in [5.41, 5.74) is 0.534. The van der Waals surface area contributed by atoms with Crippen molar-refractivity contribution in [2.24, 2.45) is 0 Å². The van der Waals surface area contributed by atoms with Gasteiger partial charge in [-0.3, -0.25) is 10.1 Å². The summed E-state index contributed by atoms with van der Waals surface area (Å²) in [5.74, 6) is 0.317. The average Bonchev–Trinajstić information content (AvgIpc) is 2.89. The van der Waals surface area contributed by atoms with Crippen molar-refractivity contribution in [3.05, 3.63) is 28.3 Å². The Kier molecular flexibility index (Phi) is 4.57. The quantitative estimate of drug-likeness (QED) is 0.609. The predicted octanol–water partition coefficient (Wildman–Crippen LogP) is 2.16. The highest BCUT2D eigenvalue weighted by Crippen LogP contribution is 2.34. The van der Waals surface area contributed by atoms with E-state index in [0.717, 1.165) is 19.4 Å². The maximum absolute atomic E-state index is 11.2. The van der Waals surface area contributed by atoms with Crippen LogP contribution in [0.2, 0.25) is 0 Å². The summed E-state index contributed by atoms with van der Waals surface area (Å²) in [7, 11) is 0. The third-order valence-corrected chi connectivity index (χ3v) is 3.18. The van der Waals surface area contributed by atoms with Crippen LogP contribution in [0.5, 0.6) is 5.75 Å². The molecule has 1 aromatic carbocycles. The summed E-state index contributed by atoms with van der Waals surface area (Å²) in [6, 6.07) is 5.49. The van der Waals surface area contributed by atoms with Crippen molar-refractivity contribution in [1.82, 2.24) is 5.32 Å². The molecule has 0 amide bonds. The Hall–Kier alpha value is -1.82. The van der Waals surface area contributed by atoms with E-state index in [4.69, 9.17) is 4.74 Å². The molecule has 1 aliphatic heterocycles. The van der Waals surface area contributed by atoms with Crippen molar-refractivity contribution in [2.45, 2.75) is 25.8 Å². The van der Waals surface area contributed by atoms with Crippen LogP contribution in [0.3, 0.4) is 0 Å². The van der Waals surface area contributed by atoms with E-state index in [1.54, 1.807) is 18.2 Å². The van der Waals surface area contributed by atoms with Crippen LogP contribution in [0.1, 0.15) is 19.8 Å². The summed E-state index contributed by atoms with van der Waals surface area (Å²) in [6.07, 6.45) is 2.26. The number of para-hydroxylation sites is 1. The number of nitrogens with one attached hydrogen (secondary N) is 2. The number of ether oxygens (including phenoxy) is 1. The van der Waals surface area contributed by atoms with E-state index in [9.17, 15) is 10.1 Å². The SMILES string of the molecule is CCOc1cccc(NCC2CCCN2)c1[N+](=O)[O-]. The maximum atomic E-state index is 11.2. The highest BCUT2D eigenvalue weighted by atomic mass is 16.6. The molecule has 1 aliphatic rings. The molecular weight excluding hydrogens is 246 g/mol. The number of rotatable bonds is 6. The Labute approximate surface area is 112 Å². The maximum Gasteiger partial charge on any atom is 0.333 e. The van der Waals surface area contributed by atoms with Gasteiger partial charge in [-0.15, -0.1) is 0 Å². The number of hydrogen-bond acceptors (Lipinski definition) is 5. The molecular formula is C13H19N3O3. The van der Waals surface area contributed by atoms with Gasteiger partial charge in [0.15, 0.2) is 5.75 Å². The van der Waals surface area contributed by atoms with Gasteiger partial charge in [0.05, 0.1) is 11.5 Å². The lowest BCUT2D eigenvalue weighted by molar-refractivity contribution is -0.384. The molecule has 0 radical (unpaired) electrons. The highest BCUT2D eigenvalue weighted by molar-refractivity contribution is 5.68. The number of nitro groups is 1. The first kappa shape index (κ1) is 13.6. The van der Waals surface area contributed by atoms with Crippen molar-refractivity contribution in [3.8, 4) is 5.75 Å². The highest BCUT2D eigenvalue weighted by Gasteiger charge is 2.22. The minimum atomic E-state index is -0.393. The average molecular weight is 265 g/mol. The van der Waals surface area contributed by atoms with E-state index in [1.807, 2.05) is 6.92 Å². The van der Waals surface area contributed by atoms with Crippen molar-refractivity contribution in [2.75, 3.05) is 25.0 Å². The van der Waals surface area contributed by atoms with Crippen LogP contribution in [0, 0.1) is 10.1 Å². The van der Waals surface area contributed by atoms with E-state index in [1.165, 1.54) is 0 Å². The van der Waals surface area contributed by atoms with Gasteiger partial charge in [0.2, 0.25) is 0 Å². The van der Waals surface area contributed by atoms with Crippen molar-refractivity contribution in [1.29, 1.82) is 0 Å². The second-order valence-corrected chi connectivity index (χ2v) is 4.52. The number of anilines is 1. The molecule has 1 atom stereocenters. The third kappa shape index (κ3) is 3.35. The Balaban J connectivity index is 2.13. The second kappa shape index (κ2) is 6.38. The first-order valence-corrected chi connectivity index (χ1v) is 6.59. The van der Waals surface area contributed by atoms with Gasteiger partial charge >= 0.3 is 5.69 Å². The van der Waals surface area contributed by atoms with Gasteiger partial charge in [-0.05, 0) is 38.4 Å². The number of nitrogens with zero attached hydrogens (tertiary/aromatic N) is 1. The Bertz CT molecular complexity index is 445. The molecule has 2 N–H and O–H groups in total. The smallest absolute Gasteiger partial charge is 0.333 e. The van der Waals surface area contributed by atoms with Gasteiger partial charge in [-0.1, -0.05) is 6.07 Å². The molecule has 0 aromatic heterocycles. The van der Waals surface area contributed by atoms with Crippen LogP contribution < -0.4 is 15.4 Å². The molecule has 1 aromatic rings. The molecule has 6 nitrogen and oxygen atoms in total. The van der Waals surface area contributed by atoms with Crippen LogP contribution >= 0.6 is 0 Å². The van der Waals surface area contributed by atoms with Gasteiger partial charge in [0.1, 0.15) is 5.69 Å². The number of hydrogen-bond donors (Lipinski definition) is 2. The van der Waals surface area contributed by atoms with E-state index < -0.39 is 4.92 Å². The number of nitro benzene ring substituents is 1. The molecule has 0 saturated carbocycles. The molecule has 0 spiro atoms. The van der Waals surface area contributed by atoms with Crippen molar-refractivity contribution < 1.29 is 9.66 Å². The predicted molar refractivity (Wildman–Crippen MR) is 73.8 cm³/mol. The van der Waals surface area contributed by atoms with E-state index in [0.29, 0.717) is 30.6 Å². The lowest BCUT2D eigenvalue weighted by Gasteiger charge is -2.14. The molecule has 19 heavy (non-hydrogen) atoms. The van der Waals surface area contributed by atoms with Crippen LogP contribution in [-0.2, 0) is 0 Å². The van der Waals surface area contributed by atoms with Gasteiger partial charge in [0, 0.05) is 12.6 Å². The summed E-state index contributed by atoms with van der Waals surface area (Å²) in [6.45, 7) is 3.94. The summed E-state index contributed by atoms with van der Waals surface area (Å²) in [4.78, 5) is 10.8. The van der Waals surface area contributed by atoms with Crippen molar-refractivity contribution in [3.63, 3.8) is 0 Å². The van der Waals surface area contributed by atoms with E-state index >= 15 is 0 Å². The molecule has 1 fully saturated rings. The van der Waals surface area contributed by atoms with Crippen molar-refractivity contribution >= 4 is 11.4 Å². The third-order valence-electron chi connectivity index (χ3n) is 3.18. The molecule has 0 aliphatic carbocycles. The Morgan fingerprint density at radius 3 is 3.05 bits per heavy atom. The van der Waals surface area contributed by atoms with Gasteiger partial charge in [-0.25, -0.2) is 0 Å². The molecule has 0 bridgehead atoms. The zero-order valence-corrected chi connectivity index (χ0v) is 11.0. The molecule has 1 unspecified atom stereocenters. The zero-order valence-electron chi connectivity index (χ0n) is 11.0. The molecule has 6 heteroatoms. The molecule has 1 saturated heterocycles. The Morgan fingerprint density at radius 1 is 1.58 bits per heavy atom. The fourth-order valence-corrected chi connectivity index (χ4v) is 2.29. The topological polar surface area (TPSA) is 76.4 Å². The lowest BCUT2D eigenvalue weighted by atomic mass is 10.2. The standard InChI is InChI=1S/C13H19N3O3/c1-2-19-12-7-3-6-11(13(12)16(17)18)15-9-10-5-4-8-14-10/h3,6-7,10,14-15H,2,4-5,8-9H2,1H3. The number of benzene rings is 1. The first-order valence-electron chi connectivity index (χ1n) is 6.59. The van der Waals surface area contributed by atoms with Crippen LogP contribution in [-0.4, -0.2) is 30.7 Å². The summed E-state index contributed by atoms with van der Waals surface area (Å²) in [5, 5.41) is 17.7. The normalized spacial score (nSPS) is 18.3. The van der Waals surface area contributed by atoms with E-state index in [2.05, 4.69) is 10.6 Å². The van der Waals surface area contributed by atoms with Crippen LogP contribution in [0.4, 0.5) is 11.4 Å². The Morgan fingerprint density at radius 2 is 2.42 bits per heavy atom. The van der Waals surface area contributed by atoms with Crippen LogP contribution in [0.25, 0.3) is 0 Å². The fraction of sp³-hybridized carbons (Fsp3) is 0.538. The van der Waals surface area contributed by atoms with Gasteiger partial charge < -0.3 is 15.4 Å². The van der Waals surface area contributed by atoms with Gasteiger partial charge in [-0.2, -0.15) is 0 Å². The minimum absolute atomic E-state index is 0.0161. The second-order valence-electron chi connectivity index (χ2n) is 4.52. The largest absolute Gasteiger partial charge is 0.487 e. The van der Waals surface area contributed by atoms with E-state index in [-0.39, 0.29) is 5.69 Å². The first-order chi connectivity index (χ1) is 9.22. The minimum Gasteiger partial charge on any atom is -0.487 e. The van der Waals surface area contributed by atoms with Gasteiger partial charge in [0.25, 0.3) is 0 Å². The summed E-state index contributed by atoms with van der Waals surface area (Å²) < 4.78 is 5.31. The molecule has 2 rings (SSSR count). The fourth-order valence-electron chi connectivity index (χ4n) is 2.29. The lowest BCUT2D eigenvalue weighted by Crippen LogP contribution is -2.29. The summed E-state index contributed by atoms with van der Waals surface area (Å²) >= 11 is 0. The zero-order chi connectivity index (χ0) is 13.7. The molecule has 104 valence electrons.